The van der Waals surface area contributed by atoms with Gasteiger partial charge in [0.1, 0.15) is 6.04 Å². The van der Waals surface area contributed by atoms with E-state index in [1.807, 2.05) is 18.2 Å². The Hall–Kier alpha value is -2.43. The monoisotopic (exact) mass is 247 g/mol. The summed E-state index contributed by atoms with van der Waals surface area (Å²) >= 11 is 0. The number of carboxylic acids is 1. The molecule has 94 valence electrons. The second-order valence-electron chi connectivity index (χ2n) is 3.96. The highest BCUT2D eigenvalue weighted by molar-refractivity contribution is 5.73. The average molecular weight is 247 g/mol. The lowest BCUT2D eigenvalue weighted by Gasteiger charge is -2.16. The number of aromatic hydroxyl groups is 2. The Morgan fingerprint density at radius 2 is 1.61 bits per heavy atom. The summed E-state index contributed by atoms with van der Waals surface area (Å²) in [5, 5.41) is 28.3. The molecular formula is C13H13NO4. The van der Waals surface area contributed by atoms with E-state index in [-0.39, 0.29) is 18.2 Å². The lowest BCUT2D eigenvalue weighted by atomic mass is 10.1. The molecular weight excluding hydrogens is 234 g/mol. The highest BCUT2D eigenvalue weighted by atomic mass is 16.4. The van der Waals surface area contributed by atoms with Crippen LogP contribution in [-0.4, -0.2) is 25.9 Å². The van der Waals surface area contributed by atoms with Gasteiger partial charge in [-0.2, -0.15) is 0 Å². The quantitative estimate of drug-likeness (QED) is 0.768. The van der Waals surface area contributed by atoms with Crippen LogP contribution in [0.25, 0.3) is 0 Å². The molecule has 0 amide bonds. The van der Waals surface area contributed by atoms with Crippen LogP contribution < -0.4 is 0 Å². The molecule has 0 saturated heterocycles. The van der Waals surface area contributed by atoms with Crippen LogP contribution in [0.2, 0.25) is 0 Å². The van der Waals surface area contributed by atoms with Gasteiger partial charge in [0.15, 0.2) is 11.8 Å². The number of benzene rings is 1. The largest absolute Gasteiger partial charge is 0.494 e. The summed E-state index contributed by atoms with van der Waals surface area (Å²) in [6.07, 6.45) is 0.186. The van der Waals surface area contributed by atoms with Crippen LogP contribution in [0.3, 0.4) is 0 Å². The molecule has 2 rings (SSSR count). The molecule has 0 spiro atoms. The number of carbonyl (C=O) groups is 1. The van der Waals surface area contributed by atoms with Crippen molar-refractivity contribution in [3.63, 3.8) is 0 Å². The highest BCUT2D eigenvalue weighted by Crippen LogP contribution is 2.28. The van der Waals surface area contributed by atoms with E-state index < -0.39 is 12.0 Å². The van der Waals surface area contributed by atoms with Crippen LogP contribution in [0.15, 0.2) is 42.5 Å². The van der Waals surface area contributed by atoms with Crippen molar-refractivity contribution < 1.29 is 20.1 Å². The number of rotatable bonds is 4. The van der Waals surface area contributed by atoms with Gasteiger partial charge in [-0.25, -0.2) is 4.79 Å². The Labute approximate surface area is 104 Å². The summed E-state index contributed by atoms with van der Waals surface area (Å²) in [5.41, 5.74) is 0.817. The van der Waals surface area contributed by atoms with Gasteiger partial charge in [0, 0.05) is 18.6 Å². The third-order valence-corrected chi connectivity index (χ3v) is 2.74. The maximum atomic E-state index is 11.3. The SMILES string of the molecule is O=C(O)[C@H](Cc1ccccc1)n1c(O)ccc1O. The molecule has 1 aromatic heterocycles. The van der Waals surface area contributed by atoms with Gasteiger partial charge >= 0.3 is 5.97 Å². The van der Waals surface area contributed by atoms with Crippen LogP contribution in [-0.2, 0) is 11.2 Å². The van der Waals surface area contributed by atoms with E-state index in [0.29, 0.717) is 0 Å². The van der Waals surface area contributed by atoms with Crippen LogP contribution >= 0.6 is 0 Å². The number of nitrogens with zero attached hydrogens (tertiary/aromatic N) is 1. The molecule has 0 fully saturated rings. The first-order chi connectivity index (χ1) is 8.59. The minimum Gasteiger partial charge on any atom is -0.494 e. The molecule has 0 aliphatic heterocycles. The molecule has 1 aromatic carbocycles. The lowest BCUT2D eigenvalue weighted by Crippen LogP contribution is -2.20. The summed E-state index contributed by atoms with van der Waals surface area (Å²) in [6.45, 7) is 0. The molecule has 0 aliphatic rings. The zero-order valence-electron chi connectivity index (χ0n) is 9.52. The maximum absolute atomic E-state index is 11.3. The van der Waals surface area contributed by atoms with Crippen molar-refractivity contribution in [3.8, 4) is 11.8 Å². The van der Waals surface area contributed by atoms with Crippen molar-refractivity contribution in [2.24, 2.45) is 0 Å². The van der Waals surface area contributed by atoms with E-state index in [4.69, 9.17) is 0 Å². The molecule has 1 atom stereocenters. The molecule has 0 bridgehead atoms. The van der Waals surface area contributed by atoms with Crippen molar-refractivity contribution in [2.75, 3.05) is 0 Å². The van der Waals surface area contributed by atoms with Gasteiger partial charge in [0.2, 0.25) is 0 Å². The molecule has 18 heavy (non-hydrogen) atoms. The summed E-state index contributed by atoms with van der Waals surface area (Å²) in [7, 11) is 0. The molecule has 0 unspecified atom stereocenters. The molecule has 3 N–H and O–H groups in total. The van der Waals surface area contributed by atoms with Gasteiger partial charge in [0.25, 0.3) is 0 Å². The predicted molar refractivity (Wildman–Crippen MR) is 64.6 cm³/mol. The number of carboxylic acid groups (broad SMARTS) is 1. The first-order valence-corrected chi connectivity index (χ1v) is 5.45. The molecule has 0 radical (unpaired) electrons. The van der Waals surface area contributed by atoms with E-state index in [2.05, 4.69) is 0 Å². The average Bonchev–Trinajstić information content (AvgIpc) is 2.67. The van der Waals surface area contributed by atoms with Gasteiger partial charge in [-0.05, 0) is 5.56 Å². The summed E-state index contributed by atoms with van der Waals surface area (Å²) in [4.78, 5) is 11.3. The normalized spacial score (nSPS) is 12.2. The number of hydrogen-bond acceptors (Lipinski definition) is 3. The van der Waals surface area contributed by atoms with E-state index in [1.165, 1.54) is 12.1 Å². The smallest absolute Gasteiger partial charge is 0.327 e. The van der Waals surface area contributed by atoms with Gasteiger partial charge in [-0.3, -0.25) is 4.57 Å². The Morgan fingerprint density at radius 1 is 1.06 bits per heavy atom. The van der Waals surface area contributed by atoms with Crippen molar-refractivity contribution in [2.45, 2.75) is 12.5 Å². The van der Waals surface area contributed by atoms with Crippen molar-refractivity contribution in [1.29, 1.82) is 0 Å². The molecule has 0 saturated carbocycles. The zero-order valence-corrected chi connectivity index (χ0v) is 9.52. The Morgan fingerprint density at radius 3 is 2.11 bits per heavy atom. The second-order valence-corrected chi connectivity index (χ2v) is 3.96. The van der Waals surface area contributed by atoms with Gasteiger partial charge < -0.3 is 15.3 Å². The maximum Gasteiger partial charge on any atom is 0.327 e. The van der Waals surface area contributed by atoms with Crippen LogP contribution in [0.5, 0.6) is 11.8 Å². The topological polar surface area (TPSA) is 82.7 Å². The van der Waals surface area contributed by atoms with Crippen LogP contribution in [0, 0.1) is 0 Å². The van der Waals surface area contributed by atoms with Gasteiger partial charge in [0.05, 0.1) is 0 Å². The summed E-state index contributed by atoms with van der Waals surface area (Å²) in [5.74, 6) is -1.65. The van der Waals surface area contributed by atoms with Gasteiger partial charge in [-0.15, -0.1) is 0 Å². The van der Waals surface area contributed by atoms with Gasteiger partial charge in [-0.1, -0.05) is 30.3 Å². The molecule has 2 aromatic rings. The fraction of sp³-hybridized carbons (Fsp3) is 0.154. The van der Waals surface area contributed by atoms with E-state index >= 15 is 0 Å². The summed E-state index contributed by atoms with van der Waals surface area (Å²) in [6, 6.07) is 10.5. The first kappa shape index (κ1) is 12.0. The van der Waals surface area contributed by atoms with Crippen molar-refractivity contribution in [1.82, 2.24) is 4.57 Å². The van der Waals surface area contributed by atoms with Crippen LogP contribution in [0.1, 0.15) is 11.6 Å². The minimum absolute atomic E-state index is 0.186. The highest BCUT2D eigenvalue weighted by Gasteiger charge is 2.24. The first-order valence-electron chi connectivity index (χ1n) is 5.45. The minimum atomic E-state index is -1.11. The van der Waals surface area contributed by atoms with Crippen LogP contribution in [0.4, 0.5) is 0 Å². The molecule has 0 aliphatic carbocycles. The van der Waals surface area contributed by atoms with E-state index in [9.17, 15) is 20.1 Å². The summed E-state index contributed by atoms with van der Waals surface area (Å²) < 4.78 is 0.995. The molecule has 1 heterocycles. The third-order valence-electron chi connectivity index (χ3n) is 2.74. The van der Waals surface area contributed by atoms with Crippen molar-refractivity contribution >= 4 is 5.97 Å². The Balaban J connectivity index is 2.33. The fourth-order valence-electron chi connectivity index (χ4n) is 1.87. The number of aromatic nitrogens is 1. The van der Waals surface area contributed by atoms with E-state index in [0.717, 1.165) is 10.1 Å². The lowest BCUT2D eigenvalue weighted by molar-refractivity contribution is -0.141. The second kappa shape index (κ2) is 4.83. The number of hydrogen-bond donors (Lipinski definition) is 3. The standard InChI is InChI=1S/C13H13NO4/c15-11-6-7-12(16)14(11)10(13(17)18)8-9-4-2-1-3-5-9/h1-7,10,15-16H,8H2,(H,17,18)/t10-/m0/s1. The van der Waals surface area contributed by atoms with E-state index in [1.54, 1.807) is 12.1 Å². The van der Waals surface area contributed by atoms with Crippen molar-refractivity contribution in [3.05, 3.63) is 48.0 Å². The fourth-order valence-corrected chi connectivity index (χ4v) is 1.87. The molecule has 5 heteroatoms. The Bertz CT molecular complexity index is 528. The zero-order chi connectivity index (χ0) is 13.1. The predicted octanol–water partition coefficient (Wildman–Crippen LogP) is 1.77. The third kappa shape index (κ3) is 2.29. The Kier molecular flexibility index (Phi) is 3.23. The number of aliphatic carboxylic acids is 1. The molecule has 5 nitrogen and oxygen atoms in total.